The lowest BCUT2D eigenvalue weighted by atomic mass is 9.92. The van der Waals surface area contributed by atoms with Crippen LogP contribution in [0.15, 0.2) is 5.16 Å². The van der Waals surface area contributed by atoms with Crippen LogP contribution in [0.5, 0.6) is 0 Å². The minimum atomic E-state index is -0.602. The fraction of sp³-hybridized carbons (Fsp3) is 0.812. The van der Waals surface area contributed by atoms with Gasteiger partial charge in [-0.3, -0.25) is 4.79 Å². The van der Waals surface area contributed by atoms with Crippen molar-refractivity contribution >= 4 is 17.8 Å². The first-order valence-corrected chi connectivity index (χ1v) is 8.15. The summed E-state index contributed by atoms with van der Waals surface area (Å²) < 4.78 is 10.5. The summed E-state index contributed by atoms with van der Waals surface area (Å²) in [4.78, 5) is 29.8. The van der Waals surface area contributed by atoms with E-state index in [9.17, 15) is 9.59 Å². The first-order chi connectivity index (χ1) is 10.8. The zero-order valence-corrected chi connectivity index (χ0v) is 14.4. The maximum Gasteiger partial charge on any atom is 0.407 e. The van der Waals surface area contributed by atoms with Crippen LogP contribution in [0, 0.1) is 11.8 Å². The highest BCUT2D eigenvalue weighted by atomic mass is 16.6. The van der Waals surface area contributed by atoms with Crippen molar-refractivity contribution in [3.63, 3.8) is 0 Å². The zero-order chi connectivity index (χ0) is 17.2. The molecule has 0 radical (unpaired) electrons. The standard InChI is InChI=1S/C16H26N2O5/c1-6-10-12-11(23-18-10)8-9(14(19)21-7-2)13(12)17-15(20)22-16(3,4)5/h9,11-13H,6-8H2,1-5H3,(H,17,20)/t9-,11+,12+,13+/m0/s1. The topological polar surface area (TPSA) is 86.2 Å². The van der Waals surface area contributed by atoms with E-state index in [2.05, 4.69) is 10.5 Å². The number of carbonyl (C=O) groups excluding carboxylic acids is 2. The fourth-order valence-electron chi connectivity index (χ4n) is 3.18. The van der Waals surface area contributed by atoms with Crippen LogP contribution in [-0.4, -0.2) is 42.1 Å². The minimum Gasteiger partial charge on any atom is -0.466 e. The first-order valence-electron chi connectivity index (χ1n) is 8.15. The van der Waals surface area contributed by atoms with Gasteiger partial charge in [0, 0.05) is 6.42 Å². The predicted octanol–water partition coefficient (Wildman–Crippen LogP) is 2.24. The van der Waals surface area contributed by atoms with E-state index in [4.69, 9.17) is 14.3 Å². The van der Waals surface area contributed by atoms with Gasteiger partial charge in [0.05, 0.1) is 30.2 Å². The highest BCUT2D eigenvalue weighted by Crippen LogP contribution is 2.40. The van der Waals surface area contributed by atoms with Crippen molar-refractivity contribution in [3.8, 4) is 0 Å². The molecule has 0 bridgehead atoms. The van der Waals surface area contributed by atoms with Crippen LogP contribution in [0.4, 0.5) is 4.79 Å². The highest BCUT2D eigenvalue weighted by Gasteiger charge is 2.53. The highest BCUT2D eigenvalue weighted by molar-refractivity contribution is 5.91. The van der Waals surface area contributed by atoms with Crippen molar-refractivity contribution in [1.82, 2.24) is 5.32 Å². The summed E-state index contributed by atoms with van der Waals surface area (Å²) in [6, 6.07) is -0.421. The smallest absolute Gasteiger partial charge is 0.407 e. The van der Waals surface area contributed by atoms with Crippen LogP contribution in [0.1, 0.15) is 47.5 Å². The maximum absolute atomic E-state index is 12.2. The Hall–Kier alpha value is -1.79. The second kappa shape index (κ2) is 6.76. The average Bonchev–Trinajstić information content (AvgIpc) is 2.97. The van der Waals surface area contributed by atoms with Gasteiger partial charge in [0.25, 0.3) is 0 Å². The Bertz CT molecular complexity index is 497. The van der Waals surface area contributed by atoms with Crippen molar-refractivity contribution in [2.45, 2.75) is 65.2 Å². The third-order valence-electron chi connectivity index (χ3n) is 4.03. The summed E-state index contributed by atoms with van der Waals surface area (Å²) >= 11 is 0. The maximum atomic E-state index is 12.2. The summed E-state index contributed by atoms with van der Waals surface area (Å²) in [6.45, 7) is 9.44. The number of hydrogen-bond acceptors (Lipinski definition) is 6. The van der Waals surface area contributed by atoms with Crippen molar-refractivity contribution < 1.29 is 23.9 Å². The third-order valence-corrected chi connectivity index (χ3v) is 4.03. The Morgan fingerprint density at radius 1 is 1.35 bits per heavy atom. The Morgan fingerprint density at radius 2 is 2.04 bits per heavy atom. The summed E-state index contributed by atoms with van der Waals surface area (Å²) in [6.07, 6.45) is 0.458. The fourth-order valence-corrected chi connectivity index (χ4v) is 3.18. The number of alkyl carbamates (subject to hydrolysis) is 1. The van der Waals surface area contributed by atoms with Crippen LogP contribution >= 0.6 is 0 Å². The van der Waals surface area contributed by atoms with E-state index in [-0.39, 0.29) is 18.0 Å². The molecule has 4 atom stereocenters. The summed E-state index contributed by atoms with van der Waals surface area (Å²) in [7, 11) is 0. The average molecular weight is 326 g/mol. The molecule has 1 N–H and O–H groups in total. The third kappa shape index (κ3) is 3.95. The molecular formula is C16H26N2O5. The van der Waals surface area contributed by atoms with Crippen molar-refractivity contribution in [2.75, 3.05) is 6.61 Å². The minimum absolute atomic E-state index is 0.109. The van der Waals surface area contributed by atoms with Crippen molar-refractivity contribution in [1.29, 1.82) is 0 Å². The molecule has 7 heteroatoms. The van der Waals surface area contributed by atoms with Gasteiger partial charge in [-0.25, -0.2) is 4.79 Å². The summed E-state index contributed by atoms with van der Waals surface area (Å²) in [5, 5.41) is 6.92. The van der Waals surface area contributed by atoms with E-state index < -0.39 is 23.7 Å². The monoisotopic (exact) mass is 326 g/mol. The molecule has 0 unspecified atom stereocenters. The Balaban J connectivity index is 2.16. The van der Waals surface area contributed by atoms with Gasteiger partial charge in [-0.2, -0.15) is 0 Å². The molecule has 1 saturated carbocycles. The lowest BCUT2D eigenvalue weighted by Gasteiger charge is -2.26. The number of esters is 1. The number of nitrogens with one attached hydrogen (secondary N) is 1. The number of carbonyl (C=O) groups is 2. The van der Waals surface area contributed by atoms with Crippen LogP contribution in [0.2, 0.25) is 0 Å². The van der Waals surface area contributed by atoms with Gasteiger partial charge >= 0.3 is 12.1 Å². The second-order valence-corrected chi connectivity index (χ2v) is 6.87. The van der Waals surface area contributed by atoms with Gasteiger partial charge in [0.15, 0.2) is 0 Å². The molecule has 1 aliphatic carbocycles. The number of nitrogens with zero attached hydrogens (tertiary/aromatic N) is 1. The molecule has 0 aromatic carbocycles. The van der Waals surface area contributed by atoms with Crippen LogP contribution in [0.25, 0.3) is 0 Å². The lowest BCUT2D eigenvalue weighted by molar-refractivity contribution is -0.148. The van der Waals surface area contributed by atoms with E-state index in [1.54, 1.807) is 27.7 Å². The number of rotatable bonds is 4. The van der Waals surface area contributed by atoms with Crippen LogP contribution in [0.3, 0.4) is 0 Å². The van der Waals surface area contributed by atoms with E-state index >= 15 is 0 Å². The second-order valence-electron chi connectivity index (χ2n) is 6.87. The molecule has 0 aromatic heterocycles. The van der Waals surface area contributed by atoms with Gasteiger partial charge in [-0.1, -0.05) is 12.1 Å². The number of amides is 1. The molecule has 0 spiro atoms. The molecule has 0 saturated heterocycles. The SMILES string of the molecule is CCOC(=O)[C@H]1C[C@H]2ON=C(CC)[C@H]2[C@@H]1NC(=O)OC(C)(C)C. The van der Waals surface area contributed by atoms with E-state index in [1.807, 2.05) is 6.92 Å². The van der Waals surface area contributed by atoms with Crippen LogP contribution < -0.4 is 5.32 Å². The number of ether oxygens (including phenoxy) is 2. The Kier molecular flexibility index (Phi) is 5.16. The number of oxime groups is 1. The lowest BCUT2D eigenvalue weighted by Crippen LogP contribution is -2.48. The normalized spacial score (nSPS) is 29.3. The van der Waals surface area contributed by atoms with Crippen molar-refractivity contribution in [3.05, 3.63) is 0 Å². The van der Waals surface area contributed by atoms with Crippen LogP contribution in [-0.2, 0) is 19.1 Å². The quantitative estimate of drug-likeness (QED) is 0.801. The molecule has 2 aliphatic rings. The van der Waals surface area contributed by atoms with E-state index in [0.717, 1.165) is 5.71 Å². The molecule has 1 fully saturated rings. The molecule has 1 heterocycles. The Labute approximate surface area is 136 Å². The van der Waals surface area contributed by atoms with E-state index in [1.165, 1.54) is 0 Å². The van der Waals surface area contributed by atoms with Gasteiger partial charge in [0.1, 0.15) is 11.7 Å². The molecule has 1 amide bonds. The predicted molar refractivity (Wildman–Crippen MR) is 84.0 cm³/mol. The van der Waals surface area contributed by atoms with Gasteiger partial charge in [-0.05, 0) is 34.1 Å². The molecular weight excluding hydrogens is 300 g/mol. The van der Waals surface area contributed by atoms with Crippen molar-refractivity contribution in [2.24, 2.45) is 17.0 Å². The zero-order valence-electron chi connectivity index (χ0n) is 14.4. The molecule has 2 rings (SSSR count). The van der Waals surface area contributed by atoms with Gasteiger partial charge in [0.2, 0.25) is 0 Å². The number of hydrogen-bond donors (Lipinski definition) is 1. The molecule has 130 valence electrons. The summed E-state index contributed by atoms with van der Waals surface area (Å²) in [5.41, 5.74) is 0.262. The van der Waals surface area contributed by atoms with Gasteiger partial charge < -0.3 is 19.6 Å². The largest absolute Gasteiger partial charge is 0.466 e. The molecule has 1 aliphatic heterocycles. The molecule has 0 aromatic rings. The van der Waals surface area contributed by atoms with E-state index in [0.29, 0.717) is 19.4 Å². The number of fused-ring (bicyclic) bond motifs is 1. The molecule has 23 heavy (non-hydrogen) atoms. The van der Waals surface area contributed by atoms with Gasteiger partial charge in [-0.15, -0.1) is 0 Å². The Morgan fingerprint density at radius 3 is 2.61 bits per heavy atom. The summed E-state index contributed by atoms with van der Waals surface area (Å²) in [5.74, 6) is -0.876. The molecule has 7 nitrogen and oxygen atoms in total. The first kappa shape index (κ1) is 17.6.